The van der Waals surface area contributed by atoms with E-state index in [-0.39, 0.29) is 30.5 Å². The van der Waals surface area contributed by atoms with Crippen LogP contribution in [-0.2, 0) is 16.1 Å². The summed E-state index contributed by atoms with van der Waals surface area (Å²) in [6, 6.07) is 5.41. The van der Waals surface area contributed by atoms with Crippen LogP contribution in [0.3, 0.4) is 0 Å². The Bertz CT molecular complexity index is 520. The Morgan fingerprint density at radius 3 is 2.64 bits per heavy atom. The second-order valence-corrected chi connectivity index (χ2v) is 7.00. The number of benzene rings is 1. The fourth-order valence-corrected chi connectivity index (χ4v) is 2.29. The van der Waals surface area contributed by atoms with Crippen LogP contribution in [0.4, 0.5) is 0 Å². The van der Waals surface area contributed by atoms with Gasteiger partial charge in [-0.15, -0.1) is 12.4 Å². The number of nitrogens with one attached hydrogen (secondary N) is 2. The highest BCUT2D eigenvalue weighted by molar-refractivity contribution is 6.30. The maximum Gasteiger partial charge on any atom is 0.258 e. The lowest BCUT2D eigenvalue weighted by atomic mass is 10.1. The summed E-state index contributed by atoms with van der Waals surface area (Å²) >= 11 is 6.07. The second-order valence-electron chi connectivity index (χ2n) is 6.57. The minimum Gasteiger partial charge on any atom is -0.483 e. The molecule has 7 heteroatoms. The first-order chi connectivity index (χ1) is 11.3. The summed E-state index contributed by atoms with van der Waals surface area (Å²) in [7, 11) is 0. The molecule has 0 aliphatic rings. The van der Waals surface area contributed by atoms with E-state index in [9.17, 15) is 4.79 Å². The van der Waals surface area contributed by atoms with Crippen molar-refractivity contribution in [2.45, 2.75) is 46.2 Å². The number of halogens is 2. The molecule has 25 heavy (non-hydrogen) atoms. The number of ether oxygens (including phenoxy) is 2. The van der Waals surface area contributed by atoms with Gasteiger partial charge in [0.25, 0.3) is 5.91 Å². The van der Waals surface area contributed by atoms with Gasteiger partial charge in [-0.05, 0) is 58.9 Å². The Morgan fingerprint density at radius 1 is 1.28 bits per heavy atom. The second kappa shape index (κ2) is 12.4. The number of carbonyl (C=O) groups is 1. The van der Waals surface area contributed by atoms with E-state index >= 15 is 0 Å². The van der Waals surface area contributed by atoms with E-state index in [0.29, 0.717) is 17.3 Å². The quantitative estimate of drug-likeness (QED) is 0.597. The highest BCUT2D eigenvalue weighted by Crippen LogP contribution is 2.23. The molecule has 0 saturated heterocycles. The normalized spacial score (nSPS) is 10.9. The topological polar surface area (TPSA) is 59.6 Å². The van der Waals surface area contributed by atoms with Crippen LogP contribution < -0.4 is 15.4 Å². The van der Waals surface area contributed by atoms with Gasteiger partial charge in [0.1, 0.15) is 5.75 Å². The van der Waals surface area contributed by atoms with Gasteiger partial charge in [-0.3, -0.25) is 4.79 Å². The Kier molecular flexibility index (Phi) is 11.9. The van der Waals surface area contributed by atoms with Gasteiger partial charge in [-0.25, -0.2) is 0 Å². The molecule has 0 aliphatic carbocycles. The minimum atomic E-state index is -0.272. The van der Waals surface area contributed by atoms with Crippen molar-refractivity contribution in [1.82, 2.24) is 10.6 Å². The molecule has 5 nitrogen and oxygen atoms in total. The monoisotopic (exact) mass is 392 g/mol. The van der Waals surface area contributed by atoms with Gasteiger partial charge < -0.3 is 20.1 Å². The van der Waals surface area contributed by atoms with E-state index in [1.165, 1.54) is 0 Å². The SMILES string of the molecule is CCOCCCNCc1cc(Cl)ccc1OCC(=O)NC(C)(C)C.Cl. The van der Waals surface area contributed by atoms with Crippen LogP contribution in [0, 0.1) is 0 Å². The summed E-state index contributed by atoms with van der Waals surface area (Å²) in [6.45, 7) is 10.7. The van der Waals surface area contributed by atoms with E-state index in [2.05, 4.69) is 10.6 Å². The third-order valence-corrected chi connectivity index (χ3v) is 3.29. The average molecular weight is 393 g/mol. The maximum atomic E-state index is 11.9. The standard InChI is InChI=1S/C18H29ClN2O3.ClH/c1-5-23-10-6-9-20-12-14-11-15(19)7-8-16(14)24-13-17(22)21-18(2,3)4;/h7-8,11,20H,5-6,9-10,12-13H2,1-4H3,(H,21,22);1H. The molecular weight excluding hydrogens is 363 g/mol. The maximum absolute atomic E-state index is 11.9. The van der Waals surface area contributed by atoms with Crippen LogP contribution in [0.1, 0.15) is 39.7 Å². The summed E-state index contributed by atoms with van der Waals surface area (Å²) in [6.07, 6.45) is 0.943. The van der Waals surface area contributed by atoms with Gasteiger partial charge in [0.05, 0.1) is 0 Å². The zero-order valence-corrected chi connectivity index (χ0v) is 17.1. The summed E-state index contributed by atoms with van der Waals surface area (Å²) < 4.78 is 11.0. The van der Waals surface area contributed by atoms with Crippen molar-refractivity contribution in [3.8, 4) is 5.75 Å². The molecule has 1 aromatic rings. The van der Waals surface area contributed by atoms with Crippen LogP contribution >= 0.6 is 24.0 Å². The zero-order chi connectivity index (χ0) is 18.0. The lowest BCUT2D eigenvalue weighted by molar-refractivity contribution is -0.124. The van der Waals surface area contributed by atoms with Crippen molar-refractivity contribution in [2.24, 2.45) is 0 Å². The Labute approximate surface area is 162 Å². The van der Waals surface area contributed by atoms with E-state index in [1.807, 2.05) is 33.8 Å². The molecule has 0 fully saturated rings. The Morgan fingerprint density at radius 2 is 2.00 bits per heavy atom. The van der Waals surface area contributed by atoms with Crippen molar-refractivity contribution in [3.63, 3.8) is 0 Å². The number of rotatable bonds is 10. The van der Waals surface area contributed by atoms with E-state index in [1.54, 1.807) is 12.1 Å². The van der Waals surface area contributed by atoms with Crippen molar-refractivity contribution >= 4 is 29.9 Å². The summed E-state index contributed by atoms with van der Waals surface area (Å²) in [5.74, 6) is 0.522. The third kappa shape index (κ3) is 11.3. The van der Waals surface area contributed by atoms with Crippen LogP contribution in [-0.4, -0.2) is 37.8 Å². The minimum absolute atomic E-state index is 0. The van der Waals surface area contributed by atoms with Gasteiger partial charge in [-0.2, -0.15) is 0 Å². The molecular formula is C18H30Cl2N2O3. The van der Waals surface area contributed by atoms with Gasteiger partial charge >= 0.3 is 0 Å². The molecule has 0 spiro atoms. The first kappa shape index (κ1) is 24.0. The third-order valence-electron chi connectivity index (χ3n) is 3.06. The molecule has 2 N–H and O–H groups in total. The fraction of sp³-hybridized carbons (Fsp3) is 0.611. The van der Waals surface area contributed by atoms with Crippen molar-refractivity contribution in [3.05, 3.63) is 28.8 Å². The Balaban J connectivity index is 0.00000576. The molecule has 0 bridgehead atoms. The van der Waals surface area contributed by atoms with Crippen LogP contribution in [0.2, 0.25) is 5.02 Å². The number of hydrogen-bond donors (Lipinski definition) is 2. The first-order valence-electron chi connectivity index (χ1n) is 8.32. The molecule has 0 heterocycles. The number of amides is 1. The first-order valence-corrected chi connectivity index (χ1v) is 8.70. The van der Waals surface area contributed by atoms with Gasteiger partial charge in [-0.1, -0.05) is 11.6 Å². The van der Waals surface area contributed by atoms with Crippen LogP contribution in [0.25, 0.3) is 0 Å². The van der Waals surface area contributed by atoms with Crippen molar-refractivity contribution in [1.29, 1.82) is 0 Å². The lowest BCUT2D eigenvalue weighted by Gasteiger charge is -2.21. The molecule has 144 valence electrons. The van der Waals surface area contributed by atoms with Crippen LogP contribution in [0.5, 0.6) is 5.75 Å². The fourth-order valence-electron chi connectivity index (χ4n) is 2.09. The molecule has 0 aromatic heterocycles. The summed E-state index contributed by atoms with van der Waals surface area (Å²) in [4.78, 5) is 11.9. The molecule has 1 aromatic carbocycles. The Hall–Kier alpha value is -1.01. The average Bonchev–Trinajstić information content (AvgIpc) is 2.48. The van der Waals surface area contributed by atoms with E-state index < -0.39 is 0 Å². The molecule has 0 radical (unpaired) electrons. The predicted molar refractivity (Wildman–Crippen MR) is 105 cm³/mol. The predicted octanol–water partition coefficient (Wildman–Crippen LogP) is 3.57. The van der Waals surface area contributed by atoms with Gasteiger partial charge in [0.15, 0.2) is 6.61 Å². The van der Waals surface area contributed by atoms with Gasteiger partial charge in [0.2, 0.25) is 0 Å². The highest BCUT2D eigenvalue weighted by atomic mass is 35.5. The lowest BCUT2D eigenvalue weighted by Crippen LogP contribution is -2.43. The summed E-state index contributed by atoms with van der Waals surface area (Å²) in [5.41, 5.74) is 0.660. The molecule has 1 amide bonds. The molecule has 0 saturated carbocycles. The molecule has 0 aliphatic heterocycles. The van der Waals surface area contributed by atoms with E-state index in [4.69, 9.17) is 21.1 Å². The van der Waals surface area contributed by atoms with Gasteiger partial charge in [0, 0.05) is 35.9 Å². The number of hydrogen-bond acceptors (Lipinski definition) is 4. The largest absolute Gasteiger partial charge is 0.483 e. The van der Waals surface area contributed by atoms with Crippen molar-refractivity contribution < 1.29 is 14.3 Å². The van der Waals surface area contributed by atoms with Crippen LogP contribution in [0.15, 0.2) is 18.2 Å². The molecule has 0 atom stereocenters. The molecule has 1 rings (SSSR count). The zero-order valence-electron chi connectivity index (χ0n) is 15.5. The van der Waals surface area contributed by atoms with E-state index in [0.717, 1.165) is 31.7 Å². The molecule has 0 unspecified atom stereocenters. The van der Waals surface area contributed by atoms with Crippen molar-refractivity contribution in [2.75, 3.05) is 26.4 Å². The highest BCUT2D eigenvalue weighted by Gasteiger charge is 2.14. The number of carbonyl (C=O) groups excluding carboxylic acids is 1. The summed E-state index contributed by atoms with van der Waals surface area (Å²) in [5, 5.41) is 6.85. The smallest absolute Gasteiger partial charge is 0.258 e.